The van der Waals surface area contributed by atoms with Gasteiger partial charge in [-0.25, -0.2) is 9.78 Å². The van der Waals surface area contributed by atoms with Gasteiger partial charge in [0.2, 0.25) is 5.91 Å². The van der Waals surface area contributed by atoms with Crippen LogP contribution in [-0.4, -0.2) is 48.1 Å². The van der Waals surface area contributed by atoms with Gasteiger partial charge in [-0.3, -0.25) is 14.9 Å². The van der Waals surface area contributed by atoms with Crippen molar-refractivity contribution in [1.29, 1.82) is 0 Å². The van der Waals surface area contributed by atoms with Crippen LogP contribution in [0.2, 0.25) is 0 Å². The Morgan fingerprint density at radius 3 is 2.07 bits per heavy atom. The summed E-state index contributed by atoms with van der Waals surface area (Å²) in [5, 5.41) is 6.28. The monoisotopic (exact) mass is 599 g/mol. The van der Waals surface area contributed by atoms with Gasteiger partial charge in [0.05, 0.1) is 18.2 Å². The molecule has 3 aromatic carbocycles. The topological polar surface area (TPSA) is 107 Å². The summed E-state index contributed by atoms with van der Waals surface area (Å²) in [4.78, 5) is 44.1. The first kappa shape index (κ1) is 31.6. The van der Waals surface area contributed by atoms with E-state index in [-0.39, 0.29) is 30.8 Å². The Balaban J connectivity index is 1.39. The number of esters is 2. The lowest BCUT2D eigenvalue weighted by Gasteiger charge is -2.24. The average molecular weight is 600 g/mol. The molecule has 2 N–H and O–H groups in total. The van der Waals surface area contributed by atoms with Crippen LogP contribution in [0.5, 0.6) is 0 Å². The molecule has 0 bridgehead atoms. The Hall–Kier alpha value is -4.34. The molecule has 0 saturated heterocycles. The molecule has 0 fully saturated rings. The van der Waals surface area contributed by atoms with Crippen molar-refractivity contribution in [2.45, 2.75) is 51.3 Å². The fourth-order valence-corrected chi connectivity index (χ4v) is 5.37. The van der Waals surface area contributed by atoms with Gasteiger partial charge in [0.1, 0.15) is 12.6 Å². The van der Waals surface area contributed by atoms with Crippen molar-refractivity contribution >= 4 is 29.2 Å². The normalized spacial score (nSPS) is 12.2. The van der Waals surface area contributed by atoms with Crippen LogP contribution in [0.25, 0.3) is 0 Å². The van der Waals surface area contributed by atoms with Crippen LogP contribution in [0.3, 0.4) is 0 Å². The molecule has 0 saturated carbocycles. The highest BCUT2D eigenvalue weighted by molar-refractivity contribution is 7.09. The number of ether oxygens (including phenoxy) is 2. The summed E-state index contributed by atoms with van der Waals surface area (Å²) in [5.74, 6) is -1.12. The molecule has 0 aliphatic rings. The molecule has 1 heterocycles. The highest BCUT2D eigenvalue weighted by Crippen LogP contribution is 2.16. The third-order valence-corrected chi connectivity index (χ3v) is 7.73. The van der Waals surface area contributed by atoms with Gasteiger partial charge in [-0.15, -0.1) is 11.3 Å². The number of hydrogen-bond acceptors (Lipinski definition) is 8. The molecule has 0 unspecified atom stereocenters. The summed E-state index contributed by atoms with van der Waals surface area (Å²) in [5.41, 5.74) is 4.82. The van der Waals surface area contributed by atoms with E-state index in [0.29, 0.717) is 32.2 Å². The molecule has 1 amide bonds. The molecule has 0 radical (unpaired) electrons. The molecule has 8 nitrogen and oxygen atoms in total. The van der Waals surface area contributed by atoms with Gasteiger partial charge in [0.15, 0.2) is 5.69 Å². The van der Waals surface area contributed by atoms with Gasteiger partial charge < -0.3 is 14.8 Å². The summed E-state index contributed by atoms with van der Waals surface area (Å²) in [7, 11) is 0. The molecule has 0 spiro atoms. The number of aromatic nitrogens is 1. The van der Waals surface area contributed by atoms with Crippen LogP contribution in [0, 0.1) is 0 Å². The van der Waals surface area contributed by atoms with E-state index < -0.39 is 18.1 Å². The molecule has 4 aromatic rings. The third-order valence-electron chi connectivity index (χ3n) is 6.84. The minimum Gasteiger partial charge on any atom is -0.465 e. The zero-order valence-corrected chi connectivity index (χ0v) is 25.1. The summed E-state index contributed by atoms with van der Waals surface area (Å²) < 4.78 is 10.8. The number of thiazole rings is 1. The van der Waals surface area contributed by atoms with Crippen molar-refractivity contribution in [2.75, 3.05) is 13.2 Å². The van der Waals surface area contributed by atoms with Gasteiger partial charge >= 0.3 is 11.9 Å². The van der Waals surface area contributed by atoms with Crippen LogP contribution in [-0.2, 0) is 44.9 Å². The van der Waals surface area contributed by atoms with E-state index in [9.17, 15) is 14.4 Å². The Labute approximate surface area is 256 Å². The zero-order chi connectivity index (χ0) is 30.3. The average Bonchev–Trinajstić information content (AvgIpc) is 3.51. The summed E-state index contributed by atoms with van der Waals surface area (Å²) in [6, 6.07) is 27.7. The lowest BCUT2D eigenvalue weighted by Crippen LogP contribution is -2.52. The van der Waals surface area contributed by atoms with E-state index in [1.165, 1.54) is 11.3 Å². The van der Waals surface area contributed by atoms with Gasteiger partial charge in [0.25, 0.3) is 0 Å². The molecule has 43 heavy (non-hydrogen) atoms. The number of hydrogen-bond donors (Lipinski definition) is 2. The first-order valence-electron chi connectivity index (χ1n) is 14.4. The zero-order valence-electron chi connectivity index (χ0n) is 24.2. The van der Waals surface area contributed by atoms with Crippen LogP contribution < -0.4 is 10.6 Å². The van der Waals surface area contributed by atoms with E-state index in [2.05, 4.69) is 15.6 Å². The van der Waals surface area contributed by atoms with E-state index in [1.807, 2.05) is 91.0 Å². The molecule has 0 aliphatic heterocycles. The minimum absolute atomic E-state index is 0.159. The Morgan fingerprint density at radius 2 is 1.42 bits per heavy atom. The van der Waals surface area contributed by atoms with Crippen molar-refractivity contribution in [2.24, 2.45) is 0 Å². The second-order valence-electron chi connectivity index (χ2n) is 9.96. The van der Waals surface area contributed by atoms with Crippen molar-refractivity contribution in [3.05, 3.63) is 124 Å². The van der Waals surface area contributed by atoms with Crippen molar-refractivity contribution in [3.8, 4) is 0 Å². The standard InChI is InChI=1S/C34H37N3O5S/c1-2-41-33(39)28(19-18-25-12-6-3-7-13-25)37-29(22-26-14-8-4-9-15-26)32(38)35-21-20-30-31(36-24-43-30)34(40)42-23-27-16-10-5-11-17-27/h3-17,24,28-29,37H,2,18-23H2,1H3,(H,35,38)/t28-,29-/m0/s1. The highest BCUT2D eigenvalue weighted by Gasteiger charge is 2.28. The number of amides is 1. The second-order valence-corrected chi connectivity index (χ2v) is 10.9. The predicted molar refractivity (Wildman–Crippen MR) is 167 cm³/mol. The van der Waals surface area contributed by atoms with Gasteiger partial charge in [0, 0.05) is 17.8 Å². The van der Waals surface area contributed by atoms with Gasteiger partial charge in [-0.05, 0) is 42.9 Å². The second kappa shape index (κ2) is 16.9. The molecular formula is C34H37N3O5S. The van der Waals surface area contributed by atoms with E-state index in [0.717, 1.165) is 21.6 Å². The summed E-state index contributed by atoms with van der Waals surface area (Å²) in [6.45, 7) is 2.47. The van der Waals surface area contributed by atoms with E-state index >= 15 is 0 Å². The van der Waals surface area contributed by atoms with Crippen molar-refractivity contribution < 1.29 is 23.9 Å². The lowest BCUT2D eigenvalue weighted by molar-refractivity contribution is -0.146. The maximum Gasteiger partial charge on any atom is 0.358 e. The van der Waals surface area contributed by atoms with Gasteiger partial charge in [-0.1, -0.05) is 91.0 Å². The lowest BCUT2D eigenvalue weighted by atomic mass is 10.0. The maximum absolute atomic E-state index is 13.5. The fourth-order valence-electron chi connectivity index (χ4n) is 4.62. The Morgan fingerprint density at radius 1 is 0.791 bits per heavy atom. The first-order valence-corrected chi connectivity index (χ1v) is 15.3. The molecule has 9 heteroatoms. The number of carbonyl (C=O) groups excluding carboxylic acids is 3. The highest BCUT2D eigenvalue weighted by atomic mass is 32.1. The van der Waals surface area contributed by atoms with E-state index in [1.54, 1.807) is 12.4 Å². The summed E-state index contributed by atoms with van der Waals surface area (Å²) >= 11 is 1.35. The Kier molecular flexibility index (Phi) is 12.4. The van der Waals surface area contributed by atoms with Gasteiger partial charge in [-0.2, -0.15) is 0 Å². The molecular weight excluding hydrogens is 562 g/mol. The number of carbonyl (C=O) groups is 3. The fraction of sp³-hybridized carbons (Fsp3) is 0.294. The predicted octanol–water partition coefficient (Wildman–Crippen LogP) is 4.92. The first-order chi connectivity index (χ1) is 21.0. The van der Waals surface area contributed by atoms with Crippen molar-refractivity contribution in [1.82, 2.24) is 15.6 Å². The number of nitrogens with one attached hydrogen (secondary N) is 2. The number of rotatable bonds is 16. The molecule has 224 valence electrons. The summed E-state index contributed by atoms with van der Waals surface area (Å²) in [6.07, 6.45) is 1.95. The maximum atomic E-state index is 13.5. The minimum atomic E-state index is -0.677. The number of benzene rings is 3. The number of aryl methyl sites for hydroxylation is 1. The van der Waals surface area contributed by atoms with Crippen LogP contribution in [0.4, 0.5) is 0 Å². The molecule has 2 atom stereocenters. The third kappa shape index (κ3) is 10.2. The smallest absolute Gasteiger partial charge is 0.358 e. The molecule has 4 rings (SSSR count). The SMILES string of the molecule is CCOC(=O)[C@H](CCc1ccccc1)N[C@@H](Cc1ccccc1)C(=O)NCCc1scnc1C(=O)OCc1ccccc1. The van der Waals surface area contributed by atoms with Crippen LogP contribution in [0.15, 0.2) is 96.5 Å². The van der Waals surface area contributed by atoms with E-state index in [4.69, 9.17) is 9.47 Å². The molecule has 0 aliphatic carbocycles. The Bertz CT molecular complexity index is 1430. The largest absolute Gasteiger partial charge is 0.465 e. The van der Waals surface area contributed by atoms with Crippen LogP contribution >= 0.6 is 11.3 Å². The van der Waals surface area contributed by atoms with Crippen molar-refractivity contribution in [3.63, 3.8) is 0 Å². The van der Waals surface area contributed by atoms with Crippen LogP contribution in [0.1, 0.15) is 45.4 Å². The molecule has 1 aromatic heterocycles. The quantitative estimate of drug-likeness (QED) is 0.176. The number of nitrogens with zero attached hydrogens (tertiary/aromatic N) is 1.